The molecule has 0 unspecified atom stereocenters. The molecule has 1 amide bonds. The van der Waals surface area contributed by atoms with Crippen LogP contribution in [0.15, 0.2) is 18.5 Å². The molecule has 100 valence electrons. The Balaban J connectivity index is 1.68. The molecule has 1 aliphatic heterocycles. The van der Waals surface area contributed by atoms with Gasteiger partial charge in [-0.05, 0) is 25.9 Å². The Bertz CT molecular complexity index is 541. The second kappa shape index (κ2) is 5.19. The number of aromatic nitrogens is 5. The van der Waals surface area contributed by atoms with Crippen molar-refractivity contribution in [3.8, 4) is 0 Å². The fraction of sp³-hybridized carbons (Fsp3) is 0.455. The predicted molar refractivity (Wildman–Crippen MR) is 67.7 cm³/mol. The lowest BCUT2D eigenvalue weighted by Crippen LogP contribution is -2.29. The third-order valence-corrected chi connectivity index (χ3v) is 3.17. The van der Waals surface area contributed by atoms with Crippen molar-refractivity contribution < 1.29 is 4.79 Å². The summed E-state index contributed by atoms with van der Waals surface area (Å²) in [5.74, 6) is 0.255. The Morgan fingerprint density at radius 3 is 3.00 bits per heavy atom. The lowest BCUT2D eigenvalue weighted by Gasteiger charge is -2.22. The van der Waals surface area contributed by atoms with Crippen molar-refractivity contribution in [2.45, 2.75) is 18.9 Å². The SMILES string of the molecule is O=C(Nc1ccn[nH]1)c1cn(C2CCNCC2)nn1. The van der Waals surface area contributed by atoms with Crippen molar-refractivity contribution in [3.63, 3.8) is 0 Å². The van der Waals surface area contributed by atoms with E-state index in [1.165, 1.54) is 0 Å². The van der Waals surface area contributed by atoms with E-state index in [1.54, 1.807) is 23.1 Å². The molecular formula is C11H15N7O. The first kappa shape index (κ1) is 11.8. The second-order valence-corrected chi connectivity index (χ2v) is 4.49. The van der Waals surface area contributed by atoms with Crippen LogP contribution in [0, 0.1) is 0 Å². The number of amides is 1. The maximum absolute atomic E-state index is 11.9. The van der Waals surface area contributed by atoms with Crippen LogP contribution < -0.4 is 10.6 Å². The van der Waals surface area contributed by atoms with Crippen LogP contribution in [0.4, 0.5) is 5.82 Å². The molecule has 0 bridgehead atoms. The summed E-state index contributed by atoms with van der Waals surface area (Å²) in [4.78, 5) is 11.9. The first-order chi connectivity index (χ1) is 9.33. The lowest BCUT2D eigenvalue weighted by molar-refractivity contribution is 0.102. The van der Waals surface area contributed by atoms with Crippen molar-refractivity contribution >= 4 is 11.7 Å². The number of anilines is 1. The monoisotopic (exact) mass is 261 g/mol. The average molecular weight is 261 g/mol. The first-order valence-corrected chi connectivity index (χ1v) is 6.26. The van der Waals surface area contributed by atoms with Gasteiger partial charge >= 0.3 is 0 Å². The number of aromatic amines is 1. The van der Waals surface area contributed by atoms with Gasteiger partial charge in [-0.2, -0.15) is 5.10 Å². The molecule has 1 aliphatic rings. The topological polar surface area (TPSA) is 101 Å². The molecule has 1 fully saturated rings. The van der Waals surface area contributed by atoms with E-state index < -0.39 is 0 Å². The maximum Gasteiger partial charge on any atom is 0.278 e. The number of piperidine rings is 1. The Morgan fingerprint density at radius 2 is 2.26 bits per heavy atom. The van der Waals surface area contributed by atoms with Gasteiger partial charge in [-0.1, -0.05) is 5.21 Å². The largest absolute Gasteiger partial charge is 0.317 e. The quantitative estimate of drug-likeness (QED) is 0.731. The van der Waals surface area contributed by atoms with Crippen LogP contribution in [0.3, 0.4) is 0 Å². The molecule has 0 saturated carbocycles. The van der Waals surface area contributed by atoms with Gasteiger partial charge in [0, 0.05) is 6.07 Å². The van der Waals surface area contributed by atoms with Crippen molar-refractivity contribution in [1.29, 1.82) is 0 Å². The van der Waals surface area contributed by atoms with E-state index in [0.29, 0.717) is 17.6 Å². The van der Waals surface area contributed by atoms with Gasteiger partial charge in [0.15, 0.2) is 5.69 Å². The number of rotatable bonds is 3. The van der Waals surface area contributed by atoms with E-state index in [4.69, 9.17) is 0 Å². The summed E-state index contributed by atoms with van der Waals surface area (Å²) in [6.45, 7) is 1.94. The van der Waals surface area contributed by atoms with Gasteiger partial charge in [-0.25, -0.2) is 4.68 Å². The first-order valence-electron chi connectivity index (χ1n) is 6.26. The fourth-order valence-electron chi connectivity index (χ4n) is 2.14. The second-order valence-electron chi connectivity index (χ2n) is 4.49. The Labute approximate surface area is 109 Å². The van der Waals surface area contributed by atoms with E-state index in [0.717, 1.165) is 25.9 Å². The molecule has 8 nitrogen and oxygen atoms in total. The summed E-state index contributed by atoms with van der Waals surface area (Å²) in [5, 5.41) is 20.3. The van der Waals surface area contributed by atoms with Crippen LogP contribution in [-0.4, -0.2) is 44.2 Å². The van der Waals surface area contributed by atoms with E-state index >= 15 is 0 Å². The summed E-state index contributed by atoms with van der Waals surface area (Å²) >= 11 is 0. The number of hydrogen-bond acceptors (Lipinski definition) is 5. The molecule has 3 rings (SSSR count). The average Bonchev–Trinajstić information content (AvgIpc) is 3.10. The molecule has 8 heteroatoms. The molecular weight excluding hydrogens is 246 g/mol. The molecule has 0 atom stereocenters. The zero-order valence-corrected chi connectivity index (χ0v) is 10.3. The Hall–Kier alpha value is -2.22. The Morgan fingerprint density at radius 1 is 1.42 bits per heavy atom. The van der Waals surface area contributed by atoms with Gasteiger partial charge in [0.2, 0.25) is 0 Å². The van der Waals surface area contributed by atoms with Crippen LogP contribution in [-0.2, 0) is 0 Å². The molecule has 0 aliphatic carbocycles. The van der Waals surface area contributed by atoms with Crippen LogP contribution in [0.2, 0.25) is 0 Å². The smallest absolute Gasteiger partial charge is 0.278 e. The number of nitrogens with one attached hydrogen (secondary N) is 3. The highest BCUT2D eigenvalue weighted by Crippen LogP contribution is 2.17. The van der Waals surface area contributed by atoms with Crippen LogP contribution in [0.1, 0.15) is 29.4 Å². The minimum atomic E-state index is -0.288. The van der Waals surface area contributed by atoms with Crippen molar-refractivity contribution in [1.82, 2.24) is 30.5 Å². The number of carbonyl (C=O) groups excluding carboxylic acids is 1. The molecule has 1 saturated heterocycles. The summed E-state index contributed by atoms with van der Waals surface area (Å²) in [5.41, 5.74) is 0.313. The summed E-state index contributed by atoms with van der Waals surface area (Å²) < 4.78 is 1.78. The number of hydrogen-bond donors (Lipinski definition) is 3. The summed E-state index contributed by atoms with van der Waals surface area (Å²) in [6.07, 6.45) is 5.28. The van der Waals surface area contributed by atoms with Crippen LogP contribution in [0.25, 0.3) is 0 Å². The van der Waals surface area contributed by atoms with E-state index in [9.17, 15) is 4.79 Å². The van der Waals surface area contributed by atoms with Gasteiger partial charge in [0.05, 0.1) is 18.4 Å². The van der Waals surface area contributed by atoms with Crippen molar-refractivity contribution in [2.24, 2.45) is 0 Å². The molecule has 2 aromatic heterocycles. The zero-order chi connectivity index (χ0) is 13.1. The summed E-state index contributed by atoms with van der Waals surface area (Å²) in [6, 6.07) is 2.00. The highest BCUT2D eigenvalue weighted by Gasteiger charge is 2.18. The highest BCUT2D eigenvalue weighted by atomic mass is 16.2. The molecule has 0 aromatic carbocycles. The van der Waals surface area contributed by atoms with E-state index in [1.807, 2.05) is 0 Å². The fourth-order valence-corrected chi connectivity index (χ4v) is 2.14. The molecule has 3 N–H and O–H groups in total. The van der Waals surface area contributed by atoms with Gasteiger partial charge in [-0.15, -0.1) is 5.10 Å². The molecule has 2 aromatic rings. The Kier molecular flexibility index (Phi) is 3.23. The minimum Gasteiger partial charge on any atom is -0.317 e. The molecule has 0 spiro atoms. The summed E-state index contributed by atoms with van der Waals surface area (Å²) in [7, 11) is 0. The predicted octanol–water partition coefficient (Wildman–Crippen LogP) is 0.178. The van der Waals surface area contributed by atoms with Crippen molar-refractivity contribution in [3.05, 3.63) is 24.2 Å². The van der Waals surface area contributed by atoms with E-state index in [-0.39, 0.29) is 5.91 Å². The normalized spacial score (nSPS) is 16.4. The standard InChI is InChI=1S/C11H15N7O/c19-11(14-10-3-6-13-16-10)9-7-18(17-15-9)8-1-4-12-5-2-8/h3,6-8,12H,1-2,4-5H2,(H2,13,14,16,19). The minimum absolute atomic E-state index is 0.288. The molecule has 19 heavy (non-hydrogen) atoms. The molecule has 0 radical (unpaired) electrons. The van der Waals surface area contributed by atoms with Crippen LogP contribution in [0.5, 0.6) is 0 Å². The van der Waals surface area contributed by atoms with Crippen molar-refractivity contribution in [2.75, 3.05) is 18.4 Å². The lowest BCUT2D eigenvalue weighted by atomic mass is 10.1. The number of nitrogens with zero attached hydrogens (tertiary/aromatic N) is 4. The third-order valence-electron chi connectivity index (χ3n) is 3.17. The van der Waals surface area contributed by atoms with Gasteiger partial charge < -0.3 is 10.6 Å². The number of H-pyrrole nitrogens is 1. The number of carbonyl (C=O) groups is 1. The van der Waals surface area contributed by atoms with E-state index in [2.05, 4.69) is 31.1 Å². The highest BCUT2D eigenvalue weighted by molar-refractivity contribution is 6.01. The van der Waals surface area contributed by atoms with Crippen LogP contribution >= 0.6 is 0 Å². The van der Waals surface area contributed by atoms with Gasteiger partial charge in [0.1, 0.15) is 5.82 Å². The van der Waals surface area contributed by atoms with Gasteiger partial charge in [-0.3, -0.25) is 9.89 Å². The zero-order valence-electron chi connectivity index (χ0n) is 10.3. The molecule has 3 heterocycles. The maximum atomic E-state index is 11.9. The third kappa shape index (κ3) is 2.63. The van der Waals surface area contributed by atoms with Gasteiger partial charge in [0.25, 0.3) is 5.91 Å².